The number of allylic oxidation sites excluding steroid dienone is 3. The molecule has 4 amide bonds. The van der Waals surface area contributed by atoms with Crippen molar-refractivity contribution in [3.8, 4) is 5.75 Å². The van der Waals surface area contributed by atoms with Crippen LogP contribution in [0.4, 0.5) is 10.5 Å². The third-order valence-corrected chi connectivity index (χ3v) is 4.40. The maximum Gasteiger partial charge on any atom is 0.350 e. The number of carbonyl (C=O) groups excluding carboxylic acids is 3. The van der Waals surface area contributed by atoms with Crippen LogP contribution in [0.1, 0.15) is 25.7 Å². The molecule has 1 aromatic rings. The van der Waals surface area contributed by atoms with Gasteiger partial charge in [0.15, 0.2) is 0 Å². The predicted octanol–water partition coefficient (Wildman–Crippen LogP) is 3.04. The molecule has 0 aromatic heterocycles. The van der Waals surface area contributed by atoms with Crippen LogP contribution in [-0.4, -0.2) is 40.1 Å². The summed E-state index contributed by atoms with van der Waals surface area (Å²) in [6.45, 7) is 0.302. The van der Waals surface area contributed by atoms with E-state index in [2.05, 4.69) is 10.3 Å². The number of aromatic hydroxyl groups is 1. The van der Waals surface area contributed by atoms with Crippen molar-refractivity contribution >= 4 is 29.2 Å². The third kappa shape index (κ3) is 4.69. The summed E-state index contributed by atoms with van der Waals surface area (Å²) in [6.07, 6.45) is 9.26. The van der Waals surface area contributed by atoms with Crippen LogP contribution in [0.25, 0.3) is 0 Å². The molecule has 0 bridgehead atoms. The summed E-state index contributed by atoms with van der Waals surface area (Å²) in [5.41, 5.74) is 1.04. The molecule has 1 aromatic carbocycles. The number of anilines is 1. The van der Waals surface area contributed by atoms with Crippen LogP contribution in [0.3, 0.4) is 0 Å². The number of phenols is 1. The second-order valence-electron chi connectivity index (χ2n) is 6.44. The molecule has 2 N–H and O–H groups in total. The van der Waals surface area contributed by atoms with E-state index in [0.717, 1.165) is 0 Å². The molecule has 1 atom stereocenters. The van der Waals surface area contributed by atoms with Crippen LogP contribution < -0.4 is 5.32 Å². The number of nitrogens with one attached hydrogen (secondary N) is 1. The largest absolute Gasteiger partial charge is 0.508 e. The molecule has 7 heteroatoms. The van der Waals surface area contributed by atoms with Gasteiger partial charge in [-0.05, 0) is 31.1 Å². The molecule has 1 aliphatic carbocycles. The molecule has 1 heterocycles. The number of carbonyl (C=O) groups is 3. The molecular weight excluding hydrogens is 346 g/mol. The van der Waals surface area contributed by atoms with Gasteiger partial charge >= 0.3 is 6.03 Å². The lowest BCUT2D eigenvalue weighted by molar-refractivity contribution is -0.129. The van der Waals surface area contributed by atoms with Crippen LogP contribution in [0.15, 0.2) is 53.6 Å². The number of rotatable bonds is 7. The van der Waals surface area contributed by atoms with Gasteiger partial charge in [0.1, 0.15) is 5.75 Å². The number of hydrogen-bond acceptors (Lipinski definition) is 4. The smallest absolute Gasteiger partial charge is 0.350 e. The molecule has 0 saturated heterocycles. The first kappa shape index (κ1) is 18.6. The highest BCUT2D eigenvalue weighted by atomic mass is 16.3. The van der Waals surface area contributed by atoms with E-state index in [1.807, 2.05) is 0 Å². The van der Waals surface area contributed by atoms with Gasteiger partial charge in [0.05, 0.1) is 11.6 Å². The lowest BCUT2D eigenvalue weighted by Crippen LogP contribution is -2.46. The summed E-state index contributed by atoms with van der Waals surface area (Å²) in [7, 11) is 0. The third-order valence-electron chi connectivity index (χ3n) is 4.40. The highest BCUT2D eigenvalue weighted by Gasteiger charge is 2.35. The zero-order valence-electron chi connectivity index (χ0n) is 14.8. The number of benzene rings is 1. The maximum absolute atomic E-state index is 12.4. The lowest BCUT2D eigenvalue weighted by atomic mass is 9.95. The Hall–Kier alpha value is -3.22. The summed E-state index contributed by atoms with van der Waals surface area (Å²) < 4.78 is 0. The van der Waals surface area contributed by atoms with Crippen molar-refractivity contribution in [3.05, 3.63) is 48.6 Å². The SMILES string of the molecule is O=C(CCCCCN1C(=O)N=C2C=CC=CC2C1=O)Nc1cccc(O)c1. The Morgan fingerprint density at radius 2 is 2.04 bits per heavy atom. The van der Waals surface area contributed by atoms with Gasteiger partial charge in [-0.2, -0.15) is 4.99 Å². The van der Waals surface area contributed by atoms with Crippen LogP contribution in [-0.2, 0) is 9.59 Å². The Labute approximate surface area is 157 Å². The predicted molar refractivity (Wildman–Crippen MR) is 102 cm³/mol. The van der Waals surface area contributed by atoms with Gasteiger partial charge in [-0.25, -0.2) is 4.79 Å². The van der Waals surface area contributed by atoms with Crippen molar-refractivity contribution in [2.45, 2.75) is 25.7 Å². The van der Waals surface area contributed by atoms with Crippen LogP contribution in [0.2, 0.25) is 0 Å². The average Bonchev–Trinajstić information content (AvgIpc) is 2.64. The number of phenolic OH excluding ortho intramolecular Hbond substituents is 1. The van der Waals surface area contributed by atoms with Crippen LogP contribution >= 0.6 is 0 Å². The minimum Gasteiger partial charge on any atom is -0.508 e. The van der Waals surface area contributed by atoms with Crippen molar-refractivity contribution < 1.29 is 19.5 Å². The van der Waals surface area contributed by atoms with Gasteiger partial charge in [0, 0.05) is 24.7 Å². The fraction of sp³-hybridized carbons (Fsp3) is 0.300. The molecule has 0 spiro atoms. The van der Waals surface area contributed by atoms with Gasteiger partial charge in [-0.1, -0.05) is 30.7 Å². The number of nitrogens with zero attached hydrogens (tertiary/aromatic N) is 2. The first-order valence-electron chi connectivity index (χ1n) is 8.92. The lowest BCUT2D eigenvalue weighted by Gasteiger charge is -2.28. The van der Waals surface area contributed by atoms with Crippen molar-refractivity contribution in [2.75, 3.05) is 11.9 Å². The van der Waals surface area contributed by atoms with E-state index in [0.29, 0.717) is 43.6 Å². The molecule has 27 heavy (non-hydrogen) atoms. The average molecular weight is 367 g/mol. The minimum absolute atomic E-state index is 0.0952. The summed E-state index contributed by atoms with van der Waals surface area (Å²) in [5, 5.41) is 12.1. The second-order valence-corrected chi connectivity index (χ2v) is 6.44. The van der Waals surface area contributed by atoms with Crippen LogP contribution in [0, 0.1) is 5.92 Å². The summed E-state index contributed by atoms with van der Waals surface area (Å²) in [5.74, 6) is -0.759. The Morgan fingerprint density at radius 1 is 1.19 bits per heavy atom. The number of unbranched alkanes of at least 4 members (excludes halogenated alkanes) is 2. The number of imide groups is 1. The van der Waals surface area contributed by atoms with Crippen molar-refractivity contribution in [3.63, 3.8) is 0 Å². The Bertz CT molecular complexity index is 841. The molecule has 0 fully saturated rings. The Kier molecular flexibility index (Phi) is 5.80. The summed E-state index contributed by atoms with van der Waals surface area (Å²) in [4.78, 5) is 41.5. The highest BCUT2D eigenvalue weighted by molar-refractivity contribution is 6.21. The fourth-order valence-electron chi connectivity index (χ4n) is 3.03. The Balaban J connectivity index is 1.40. The van der Waals surface area contributed by atoms with Gasteiger partial charge in [-0.3, -0.25) is 14.5 Å². The topological polar surface area (TPSA) is 99.1 Å². The molecule has 1 aliphatic heterocycles. The standard InChI is InChI=1S/C20H21N3O4/c24-15-8-6-7-14(13-15)21-18(25)11-2-1-5-12-23-19(26)16-9-3-4-10-17(16)22-20(23)27/h3-4,6-10,13,16,24H,1-2,5,11-12H2,(H,21,25). The molecular formula is C20H21N3O4. The van der Waals surface area contributed by atoms with Crippen LogP contribution in [0.5, 0.6) is 5.75 Å². The number of hydrogen-bond donors (Lipinski definition) is 2. The monoisotopic (exact) mass is 367 g/mol. The Morgan fingerprint density at radius 3 is 2.85 bits per heavy atom. The van der Waals surface area contributed by atoms with E-state index < -0.39 is 11.9 Å². The maximum atomic E-state index is 12.4. The molecule has 7 nitrogen and oxygen atoms in total. The second kappa shape index (κ2) is 8.44. The number of aliphatic imine (C=N–C) groups is 1. The molecule has 140 valence electrons. The zero-order chi connectivity index (χ0) is 19.2. The van der Waals surface area contributed by atoms with E-state index in [1.165, 1.54) is 17.0 Å². The summed E-state index contributed by atoms with van der Waals surface area (Å²) >= 11 is 0. The molecule has 1 unspecified atom stereocenters. The quantitative estimate of drug-likeness (QED) is 0.724. The molecule has 0 radical (unpaired) electrons. The number of amides is 4. The van der Waals surface area contributed by atoms with E-state index in [-0.39, 0.29) is 17.6 Å². The van der Waals surface area contributed by atoms with E-state index in [9.17, 15) is 19.5 Å². The number of fused-ring (bicyclic) bond motifs is 1. The van der Waals surface area contributed by atoms with Crippen molar-refractivity contribution in [1.29, 1.82) is 0 Å². The molecule has 2 aliphatic rings. The van der Waals surface area contributed by atoms with E-state index in [1.54, 1.807) is 36.4 Å². The highest BCUT2D eigenvalue weighted by Crippen LogP contribution is 2.20. The first-order valence-corrected chi connectivity index (χ1v) is 8.92. The van der Waals surface area contributed by atoms with Gasteiger partial charge < -0.3 is 10.4 Å². The van der Waals surface area contributed by atoms with Crippen molar-refractivity contribution in [1.82, 2.24) is 4.90 Å². The summed E-state index contributed by atoms with van der Waals surface area (Å²) in [6, 6.07) is 5.85. The normalized spacial score (nSPS) is 18.3. The van der Waals surface area contributed by atoms with E-state index in [4.69, 9.17) is 0 Å². The first-order chi connectivity index (χ1) is 13.0. The molecule has 3 rings (SSSR count). The minimum atomic E-state index is -0.521. The van der Waals surface area contributed by atoms with Gasteiger partial charge in [0.25, 0.3) is 0 Å². The molecule has 0 saturated carbocycles. The zero-order valence-corrected chi connectivity index (χ0v) is 14.8. The van der Waals surface area contributed by atoms with Gasteiger partial charge in [0.2, 0.25) is 11.8 Å². The number of urea groups is 1. The van der Waals surface area contributed by atoms with E-state index >= 15 is 0 Å². The van der Waals surface area contributed by atoms with Gasteiger partial charge in [-0.15, -0.1) is 0 Å². The fourth-order valence-corrected chi connectivity index (χ4v) is 3.03. The van der Waals surface area contributed by atoms with Crippen molar-refractivity contribution in [2.24, 2.45) is 10.9 Å².